The Bertz CT molecular complexity index is 3940. The summed E-state index contributed by atoms with van der Waals surface area (Å²) in [6.45, 7) is 0. The van der Waals surface area contributed by atoms with Crippen LogP contribution in [0.1, 0.15) is 0 Å². The van der Waals surface area contributed by atoms with Gasteiger partial charge in [0.15, 0.2) is 17.5 Å². The second-order valence-electron chi connectivity index (χ2n) is 19.5. The van der Waals surface area contributed by atoms with Gasteiger partial charge in [-0.05, 0) is 39.4 Å². The van der Waals surface area contributed by atoms with Gasteiger partial charge in [-0.25, -0.2) is 15.0 Å². The molecule has 0 amide bonds. The van der Waals surface area contributed by atoms with Crippen LogP contribution in [0.3, 0.4) is 0 Å². The van der Waals surface area contributed by atoms with Crippen LogP contribution in [0.4, 0.5) is 0 Å². The Hall–Kier alpha value is -6.04. The van der Waals surface area contributed by atoms with Gasteiger partial charge >= 0.3 is 0 Å². The topological polar surface area (TPSA) is 43.6 Å². The third kappa shape index (κ3) is 6.36. The van der Waals surface area contributed by atoms with E-state index in [9.17, 15) is 0 Å². The minimum absolute atomic E-state index is 0.666. The number of nitrogens with zero attached hydrogens (tertiary/aromatic N) is 4. The maximum Gasteiger partial charge on any atom is 0.164 e. The molecule has 0 spiro atoms. The standard InChI is InChI=1S/C49H44B14N4S/c50-30-26-27(34(54)38(58)37(57)33(26)53)36(56)44-28(30)29-35(55)39(59)40(60)43(63)45(29)67(44)46-41(61)31(51)24(32(52)42(46)62)19-14-15-20-23(16-19)68-22-13-7-12-21(25(20)22)49-65-47(17-8-3-1-4-9-17)64-48(66-49)18-10-5-2-6-11-18/h1-16H,50-63H2. The Kier molecular flexibility index (Phi) is 10.7. The lowest BCUT2D eigenvalue weighted by Crippen LogP contribution is -2.50. The van der Waals surface area contributed by atoms with Crippen LogP contribution < -0.4 is 76.5 Å². The van der Waals surface area contributed by atoms with E-state index >= 15 is 0 Å². The first-order valence-corrected chi connectivity index (χ1v) is 24.8. The molecule has 11 rings (SSSR count). The predicted octanol–water partition coefficient (Wildman–Crippen LogP) is -11.2. The lowest BCUT2D eigenvalue weighted by Gasteiger charge is -2.26. The van der Waals surface area contributed by atoms with E-state index in [-0.39, 0.29) is 0 Å². The zero-order valence-corrected chi connectivity index (χ0v) is 42.8. The molecule has 0 unspecified atom stereocenters. The van der Waals surface area contributed by atoms with Gasteiger partial charge in [-0.1, -0.05) is 145 Å². The van der Waals surface area contributed by atoms with Crippen LogP contribution in [0, 0.1) is 0 Å². The SMILES string of the molecule is Bc1c(B)c(-n2c3c(B)c(B)c(B)c(B)c3c3c(B)c4c(B)c(B)c(B)c(B)c4c(B)c32)c(B)c(B)c1-c1ccc2c(c1)sc1cccc(-c3nc(-c4ccccc4)nc(-c4ccccc4)n3)c12. The average Bonchev–Trinajstić information content (AvgIpc) is 3.91. The monoisotopic (exact) mass is 874 g/mol. The Morgan fingerprint density at radius 2 is 0.824 bits per heavy atom. The van der Waals surface area contributed by atoms with Crippen molar-refractivity contribution in [1.29, 1.82) is 0 Å². The fourth-order valence-corrected chi connectivity index (χ4v) is 13.0. The fourth-order valence-electron chi connectivity index (χ4n) is 11.8. The van der Waals surface area contributed by atoms with Crippen LogP contribution >= 0.6 is 11.3 Å². The highest BCUT2D eigenvalue weighted by molar-refractivity contribution is 7.26. The average molecular weight is 872 g/mol. The van der Waals surface area contributed by atoms with E-state index < -0.39 is 0 Å². The summed E-state index contributed by atoms with van der Waals surface area (Å²) >= 11 is 1.84. The van der Waals surface area contributed by atoms with E-state index in [1.54, 1.807) is 0 Å². The van der Waals surface area contributed by atoms with Crippen LogP contribution in [0.25, 0.3) is 104 Å². The van der Waals surface area contributed by atoms with E-state index in [2.05, 4.69) is 175 Å². The fraction of sp³-hybridized carbons (Fsp3) is 0. The normalized spacial score (nSPS) is 11.8. The van der Waals surface area contributed by atoms with E-state index in [0.717, 1.165) is 16.7 Å². The zero-order valence-electron chi connectivity index (χ0n) is 41.9. The summed E-state index contributed by atoms with van der Waals surface area (Å²) in [7, 11) is 32.8. The second-order valence-corrected chi connectivity index (χ2v) is 20.6. The minimum atomic E-state index is 0.666. The van der Waals surface area contributed by atoms with Gasteiger partial charge in [0, 0.05) is 59.0 Å². The maximum absolute atomic E-state index is 5.15. The molecule has 0 aliphatic heterocycles. The van der Waals surface area contributed by atoms with Crippen molar-refractivity contribution in [3.8, 4) is 51.0 Å². The minimum Gasteiger partial charge on any atom is -0.312 e. The van der Waals surface area contributed by atoms with Gasteiger partial charge in [0.1, 0.15) is 110 Å². The molecule has 8 aromatic carbocycles. The highest BCUT2D eigenvalue weighted by atomic mass is 32.1. The van der Waals surface area contributed by atoms with Crippen LogP contribution in [0.5, 0.6) is 0 Å². The van der Waals surface area contributed by atoms with E-state index in [0.29, 0.717) is 17.5 Å². The van der Waals surface area contributed by atoms with E-state index in [1.165, 1.54) is 146 Å². The molecule has 0 atom stereocenters. The van der Waals surface area contributed by atoms with Gasteiger partial charge < -0.3 is 4.57 Å². The largest absolute Gasteiger partial charge is 0.312 e. The quantitative estimate of drug-likeness (QED) is 0.162. The summed E-state index contributed by atoms with van der Waals surface area (Å²) in [4.78, 5) is 15.3. The van der Waals surface area contributed by atoms with Gasteiger partial charge in [0.05, 0.1) is 0 Å². The molecule has 0 saturated carbocycles. The van der Waals surface area contributed by atoms with Crippen LogP contribution in [0.2, 0.25) is 0 Å². The second kappa shape index (κ2) is 16.3. The summed E-state index contributed by atoms with van der Waals surface area (Å²) in [5, 5.41) is 8.02. The number of aromatic nitrogens is 4. The molecule has 68 heavy (non-hydrogen) atoms. The Balaban J connectivity index is 1.13. The molecule has 4 nitrogen and oxygen atoms in total. The molecule has 0 N–H and O–H groups in total. The van der Waals surface area contributed by atoms with Crippen molar-refractivity contribution < 1.29 is 0 Å². The molecule has 308 valence electrons. The zero-order chi connectivity index (χ0) is 47.8. The van der Waals surface area contributed by atoms with Crippen molar-refractivity contribution in [2.24, 2.45) is 0 Å². The summed E-state index contributed by atoms with van der Waals surface area (Å²) in [6, 6.07) is 34.1. The van der Waals surface area contributed by atoms with Gasteiger partial charge in [0.2, 0.25) is 0 Å². The Morgan fingerprint density at radius 3 is 1.40 bits per heavy atom. The van der Waals surface area contributed by atoms with Crippen molar-refractivity contribution in [2.45, 2.75) is 0 Å². The van der Waals surface area contributed by atoms with Crippen molar-refractivity contribution in [3.63, 3.8) is 0 Å². The molecule has 0 saturated heterocycles. The molecule has 3 heterocycles. The molecule has 0 aliphatic rings. The smallest absolute Gasteiger partial charge is 0.164 e. The first-order valence-electron chi connectivity index (χ1n) is 24.0. The molecule has 0 fully saturated rings. The van der Waals surface area contributed by atoms with E-state index in [1.807, 2.05) is 47.7 Å². The molecular weight excluding hydrogens is 828 g/mol. The van der Waals surface area contributed by atoms with Gasteiger partial charge in [0.25, 0.3) is 0 Å². The molecule has 19 heteroatoms. The third-order valence-corrected chi connectivity index (χ3v) is 17.4. The Labute approximate surface area is 415 Å². The first kappa shape index (κ1) is 44.5. The lowest BCUT2D eigenvalue weighted by atomic mass is 9.60. The van der Waals surface area contributed by atoms with Crippen LogP contribution in [-0.4, -0.2) is 129 Å². The van der Waals surface area contributed by atoms with Crippen LogP contribution in [-0.2, 0) is 0 Å². The number of hydrogen-bond donors (Lipinski definition) is 0. The van der Waals surface area contributed by atoms with Gasteiger partial charge in [-0.3, -0.25) is 0 Å². The molecule has 0 bridgehead atoms. The lowest BCUT2D eigenvalue weighted by molar-refractivity contribution is 1.08. The number of hydrogen-bond acceptors (Lipinski definition) is 4. The Morgan fingerprint density at radius 1 is 0.338 bits per heavy atom. The van der Waals surface area contributed by atoms with Gasteiger partial charge in [-0.15, -0.1) is 27.7 Å². The van der Waals surface area contributed by atoms with E-state index in [4.69, 9.17) is 15.0 Å². The van der Waals surface area contributed by atoms with Crippen molar-refractivity contribution in [3.05, 3.63) is 97.1 Å². The highest BCUT2D eigenvalue weighted by Gasteiger charge is 2.28. The predicted molar refractivity (Wildman–Crippen MR) is 341 cm³/mol. The molecule has 0 radical (unpaired) electrons. The van der Waals surface area contributed by atoms with Crippen LogP contribution in [0.15, 0.2) is 97.1 Å². The maximum atomic E-state index is 5.15. The molecular formula is C49H44B14N4S. The molecule has 3 aromatic heterocycles. The summed E-state index contributed by atoms with van der Waals surface area (Å²) in [5.41, 5.74) is 28.6. The summed E-state index contributed by atoms with van der Waals surface area (Å²) in [6.07, 6.45) is 0. The molecule has 0 aliphatic carbocycles. The van der Waals surface area contributed by atoms with Crippen molar-refractivity contribution in [2.75, 3.05) is 0 Å². The van der Waals surface area contributed by atoms with Gasteiger partial charge in [-0.2, -0.15) is 0 Å². The molecule has 11 aromatic rings. The summed E-state index contributed by atoms with van der Waals surface area (Å²) in [5.74, 6) is 2.01. The van der Waals surface area contributed by atoms with Crippen molar-refractivity contribution >= 4 is 250 Å². The number of rotatable bonds is 5. The number of benzene rings is 8. The summed E-state index contributed by atoms with van der Waals surface area (Å²) < 4.78 is 5.16. The number of thiophene rings is 1. The van der Waals surface area contributed by atoms with Crippen molar-refractivity contribution in [1.82, 2.24) is 19.5 Å². The first-order chi connectivity index (χ1) is 32.6. The highest BCUT2D eigenvalue weighted by Crippen LogP contribution is 2.41. The third-order valence-electron chi connectivity index (χ3n) is 16.3. The number of fused-ring (bicyclic) bond motifs is 7.